The van der Waals surface area contributed by atoms with Crippen LogP contribution in [0.25, 0.3) is 6.08 Å². The summed E-state index contributed by atoms with van der Waals surface area (Å²) in [5.41, 5.74) is -0.0671. The molecular weight excluding hydrogens is 414 g/mol. The van der Waals surface area contributed by atoms with Gasteiger partial charge in [0.2, 0.25) is 0 Å². The fourth-order valence-corrected chi connectivity index (χ4v) is 2.86. The van der Waals surface area contributed by atoms with E-state index in [1.807, 2.05) is 13.8 Å². The Labute approximate surface area is 184 Å². The van der Waals surface area contributed by atoms with Gasteiger partial charge in [0.1, 0.15) is 23.0 Å². The van der Waals surface area contributed by atoms with Gasteiger partial charge in [-0.25, -0.2) is 8.78 Å². The lowest BCUT2D eigenvalue weighted by Gasteiger charge is -2.14. The number of hydrogen-bond acceptors (Lipinski definition) is 3. The Kier molecular flexibility index (Phi) is 7.33. The van der Waals surface area contributed by atoms with E-state index in [0.29, 0.717) is 11.3 Å². The number of hydrogen-bond donors (Lipinski definition) is 2. The monoisotopic (exact) mass is 436 g/mol. The minimum absolute atomic E-state index is 0.0891. The minimum Gasteiger partial charge on any atom is -0.490 e. The summed E-state index contributed by atoms with van der Waals surface area (Å²) in [5, 5.41) is 4.79. The van der Waals surface area contributed by atoms with Crippen LogP contribution in [0.1, 0.15) is 19.4 Å². The molecule has 0 atom stereocenters. The highest BCUT2D eigenvalue weighted by molar-refractivity contribution is 6.29. The Bertz CT molecular complexity index is 1100. The number of anilines is 2. The standard InChI is InChI=1S/C25H22F2N2O3/c1-16(2)32-23-14-8-3-9-17(23)15-18(24(30)28-21-12-6-4-10-19(21)26)25(31)29-22-13-7-5-11-20(22)27/h3-16H,1-2H3,(H,28,30)(H,29,31). The quantitative estimate of drug-likeness (QED) is 0.296. The highest BCUT2D eigenvalue weighted by atomic mass is 19.1. The molecule has 3 aromatic rings. The van der Waals surface area contributed by atoms with Crippen molar-refractivity contribution >= 4 is 29.3 Å². The molecular formula is C25H22F2N2O3. The van der Waals surface area contributed by atoms with Crippen molar-refractivity contribution in [1.29, 1.82) is 0 Å². The summed E-state index contributed by atoms with van der Waals surface area (Å²) in [4.78, 5) is 26.0. The van der Waals surface area contributed by atoms with Gasteiger partial charge >= 0.3 is 0 Å². The largest absolute Gasteiger partial charge is 0.490 e. The molecule has 32 heavy (non-hydrogen) atoms. The lowest BCUT2D eigenvalue weighted by Crippen LogP contribution is -2.26. The van der Waals surface area contributed by atoms with Crippen molar-refractivity contribution in [2.24, 2.45) is 0 Å². The molecule has 5 nitrogen and oxygen atoms in total. The normalized spacial score (nSPS) is 10.4. The Morgan fingerprint density at radius 1 is 0.781 bits per heavy atom. The molecule has 0 aliphatic rings. The number of para-hydroxylation sites is 3. The van der Waals surface area contributed by atoms with Crippen LogP contribution in [0, 0.1) is 11.6 Å². The number of rotatable bonds is 7. The third kappa shape index (κ3) is 5.78. The van der Waals surface area contributed by atoms with E-state index in [1.54, 1.807) is 36.4 Å². The number of benzene rings is 3. The first-order valence-electron chi connectivity index (χ1n) is 9.94. The lowest BCUT2D eigenvalue weighted by molar-refractivity contribution is -0.118. The van der Waals surface area contributed by atoms with Gasteiger partial charge in [-0.05, 0) is 50.3 Å². The highest BCUT2D eigenvalue weighted by Crippen LogP contribution is 2.24. The average Bonchev–Trinajstić information content (AvgIpc) is 2.75. The van der Waals surface area contributed by atoms with Crippen LogP contribution in [0.15, 0.2) is 78.4 Å². The molecule has 2 amide bonds. The maximum atomic E-state index is 14.0. The molecule has 0 saturated heterocycles. The fourth-order valence-electron chi connectivity index (χ4n) is 2.86. The van der Waals surface area contributed by atoms with Crippen LogP contribution in [-0.4, -0.2) is 17.9 Å². The average molecular weight is 436 g/mol. The second-order valence-electron chi connectivity index (χ2n) is 7.13. The summed E-state index contributed by atoms with van der Waals surface area (Å²) in [5.74, 6) is -2.57. The van der Waals surface area contributed by atoms with Gasteiger partial charge in [-0.2, -0.15) is 0 Å². The van der Waals surface area contributed by atoms with Crippen LogP contribution in [0.4, 0.5) is 20.2 Å². The van der Waals surface area contributed by atoms with Crippen molar-refractivity contribution in [2.45, 2.75) is 20.0 Å². The topological polar surface area (TPSA) is 67.4 Å². The lowest BCUT2D eigenvalue weighted by atomic mass is 10.1. The molecule has 164 valence electrons. The summed E-state index contributed by atoms with van der Waals surface area (Å²) >= 11 is 0. The van der Waals surface area contributed by atoms with Crippen molar-refractivity contribution < 1.29 is 23.1 Å². The van der Waals surface area contributed by atoms with Gasteiger partial charge in [-0.1, -0.05) is 42.5 Å². The van der Waals surface area contributed by atoms with E-state index in [-0.39, 0.29) is 23.1 Å². The summed E-state index contributed by atoms with van der Waals surface area (Å²) in [6, 6.07) is 18.0. The van der Waals surface area contributed by atoms with Crippen LogP contribution in [0.2, 0.25) is 0 Å². The second-order valence-corrected chi connectivity index (χ2v) is 7.13. The fraction of sp³-hybridized carbons (Fsp3) is 0.120. The van der Waals surface area contributed by atoms with E-state index >= 15 is 0 Å². The first kappa shape index (κ1) is 22.7. The number of halogens is 2. The van der Waals surface area contributed by atoms with Gasteiger partial charge in [-0.3, -0.25) is 9.59 Å². The van der Waals surface area contributed by atoms with E-state index in [9.17, 15) is 18.4 Å². The molecule has 0 aliphatic heterocycles. The zero-order valence-corrected chi connectivity index (χ0v) is 17.6. The van der Waals surface area contributed by atoms with Crippen LogP contribution >= 0.6 is 0 Å². The van der Waals surface area contributed by atoms with Crippen molar-refractivity contribution in [3.05, 3.63) is 95.6 Å². The number of nitrogens with one attached hydrogen (secondary N) is 2. The predicted molar refractivity (Wildman–Crippen MR) is 120 cm³/mol. The van der Waals surface area contributed by atoms with Crippen molar-refractivity contribution in [3.8, 4) is 5.75 Å². The van der Waals surface area contributed by atoms with E-state index < -0.39 is 23.4 Å². The van der Waals surface area contributed by atoms with E-state index in [4.69, 9.17) is 4.74 Å². The summed E-state index contributed by atoms with van der Waals surface area (Å²) in [7, 11) is 0. The van der Waals surface area contributed by atoms with E-state index in [0.717, 1.165) is 0 Å². The van der Waals surface area contributed by atoms with Gasteiger partial charge in [0.15, 0.2) is 0 Å². The maximum absolute atomic E-state index is 14.0. The van der Waals surface area contributed by atoms with Gasteiger partial charge in [0.05, 0.1) is 17.5 Å². The number of carbonyl (C=O) groups is 2. The van der Waals surface area contributed by atoms with Crippen LogP contribution in [-0.2, 0) is 9.59 Å². The molecule has 2 N–H and O–H groups in total. The molecule has 3 rings (SSSR count). The van der Waals surface area contributed by atoms with Gasteiger partial charge < -0.3 is 15.4 Å². The Morgan fingerprint density at radius 3 is 1.75 bits per heavy atom. The van der Waals surface area contributed by atoms with Crippen molar-refractivity contribution in [2.75, 3.05) is 10.6 Å². The number of carbonyl (C=O) groups excluding carboxylic acids is 2. The smallest absolute Gasteiger partial charge is 0.261 e. The zero-order valence-electron chi connectivity index (χ0n) is 17.6. The molecule has 0 aromatic heterocycles. The molecule has 7 heteroatoms. The Balaban J connectivity index is 2.00. The molecule has 0 saturated carbocycles. The summed E-state index contributed by atoms with van der Waals surface area (Å²) in [6.07, 6.45) is 1.18. The van der Waals surface area contributed by atoms with Gasteiger partial charge in [0.25, 0.3) is 11.8 Å². The third-order valence-electron chi connectivity index (χ3n) is 4.31. The molecule has 0 bridgehead atoms. The molecule has 0 fully saturated rings. The Morgan fingerprint density at radius 2 is 1.25 bits per heavy atom. The van der Waals surface area contributed by atoms with Crippen LogP contribution in [0.3, 0.4) is 0 Å². The third-order valence-corrected chi connectivity index (χ3v) is 4.31. The number of amides is 2. The number of ether oxygens (including phenoxy) is 1. The van der Waals surface area contributed by atoms with Gasteiger partial charge in [0, 0.05) is 5.56 Å². The minimum atomic E-state index is -0.858. The zero-order chi connectivity index (χ0) is 23.1. The molecule has 3 aromatic carbocycles. The van der Waals surface area contributed by atoms with Gasteiger partial charge in [-0.15, -0.1) is 0 Å². The van der Waals surface area contributed by atoms with Crippen LogP contribution < -0.4 is 15.4 Å². The first-order valence-corrected chi connectivity index (χ1v) is 9.94. The summed E-state index contributed by atoms with van der Waals surface area (Å²) < 4.78 is 33.8. The maximum Gasteiger partial charge on any atom is 0.261 e. The van der Waals surface area contributed by atoms with Crippen molar-refractivity contribution in [1.82, 2.24) is 0 Å². The van der Waals surface area contributed by atoms with Crippen molar-refractivity contribution in [3.63, 3.8) is 0 Å². The summed E-state index contributed by atoms with van der Waals surface area (Å²) in [6.45, 7) is 3.69. The highest BCUT2D eigenvalue weighted by Gasteiger charge is 2.21. The molecule has 0 unspecified atom stereocenters. The first-order chi connectivity index (χ1) is 15.3. The second kappa shape index (κ2) is 10.3. The van der Waals surface area contributed by atoms with E-state index in [1.165, 1.54) is 42.5 Å². The van der Waals surface area contributed by atoms with Crippen LogP contribution in [0.5, 0.6) is 5.75 Å². The molecule has 0 spiro atoms. The Hall–Kier alpha value is -4.00. The molecule has 0 heterocycles. The van der Waals surface area contributed by atoms with E-state index in [2.05, 4.69) is 10.6 Å². The predicted octanol–water partition coefficient (Wildman–Crippen LogP) is 5.41. The molecule has 0 radical (unpaired) electrons. The molecule has 0 aliphatic carbocycles. The SMILES string of the molecule is CC(C)Oc1ccccc1C=C(C(=O)Nc1ccccc1F)C(=O)Nc1ccccc1F.